The molecular formula is C17H16N2O3. The van der Waals surface area contributed by atoms with Crippen molar-refractivity contribution in [3.05, 3.63) is 51.8 Å². The monoisotopic (exact) mass is 296 g/mol. The maximum absolute atomic E-state index is 12.4. The van der Waals surface area contributed by atoms with Gasteiger partial charge in [0.2, 0.25) is 0 Å². The molecule has 112 valence electrons. The van der Waals surface area contributed by atoms with E-state index in [2.05, 4.69) is 11.1 Å². The molecule has 0 saturated carbocycles. The summed E-state index contributed by atoms with van der Waals surface area (Å²) in [5, 5.41) is 21.0. The fourth-order valence-corrected chi connectivity index (χ4v) is 3.30. The summed E-state index contributed by atoms with van der Waals surface area (Å²) in [6.07, 6.45) is -0.159. The average Bonchev–Trinajstić information content (AvgIpc) is 2.89. The molecule has 3 aromatic rings. The number of aliphatic hydroxyl groups excluding tert-OH is 1. The van der Waals surface area contributed by atoms with E-state index in [1.807, 2.05) is 18.2 Å². The highest BCUT2D eigenvalue weighted by Gasteiger charge is 2.25. The third-order valence-electron chi connectivity index (χ3n) is 4.41. The number of fused-ring (bicyclic) bond motifs is 5. The number of aromatic nitrogens is 2. The number of nitrogens with one attached hydrogen (secondary N) is 1. The zero-order chi connectivity index (χ0) is 15.4. The summed E-state index contributed by atoms with van der Waals surface area (Å²) in [5.74, 6) is -0.363. The van der Waals surface area contributed by atoms with Gasteiger partial charge < -0.3 is 19.8 Å². The first-order valence-corrected chi connectivity index (χ1v) is 7.32. The molecule has 0 unspecified atom stereocenters. The Morgan fingerprint density at radius 3 is 2.86 bits per heavy atom. The normalized spacial score (nSPS) is 14.6. The SMILES string of the molecule is C[C@@H](O)c1cc2n(c(=O)c1O)CCc1c-2[nH]c2ccccc12. The highest BCUT2D eigenvalue weighted by Crippen LogP contribution is 2.36. The Kier molecular flexibility index (Phi) is 2.68. The lowest BCUT2D eigenvalue weighted by atomic mass is 9.99. The predicted octanol–water partition coefficient (Wildman–Crippen LogP) is 2.31. The summed E-state index contributed by atoms with van der Waals surface area (Å²) in [6, 6.07) is 9.74. The number of H-pyrrole nitrogens is 1. The summed E-state index contributed by atoms with van der Waals surface area (Å²) in [7, 11) is 0. The topological polar surface area (TPSA) is 78.2 Å². The Bertz CT molecular complexity index is 950. The minimum Gasteiger partial charge on any atom is -0.503 e. The summed E-state index contributed by atoms with van der Waals surface area (Å²) < 4.78 is 1.57. The van der Waals surface area contributed by atoms with Crippen LogP contribution in [0.5, 0.6) is 5.75 Å². The fourth-order valence-electron chi connectivity index (χ4n) is 3.30. The summed E-state index contributed by atoms with van der Waals surface area (Å²) in [4.78, 5) is 15.7. The maximum atomic E-state index is 12.4. The number of hydrogen-bond acceptors (Lipinski definition) is 3. The zero-order valence-corrected chi connectivity index (χ0v) is 12.1. The minimum atomic E-state index is -0.895. The molecule has 0 amide bonds. The second-order valence-electron chi connectivity index (χ2n) is 5.74. The Hall–Kier alpha value is -2.53. The standard InChI is InChI=1S/C17H16N2O3/c1-9(20)12-8-14-15-11(6-7-19(14)17(22)16(12)21)10-4-2-3-5-13(10)18-15/h2-5,8-9,18,20-21H,6-7H2,1H3/t9-/m1/s1. The molecule has 1 aliphatic rings. The minimum absolute atomic E-state index is 0.266. The smallest absolute Gasteiger partial charge is 0.293 e. The van der Waals surface area contributed by atoms with Gasteiger partial charge in [-0.1, -0.05) is 18.2 Å². The van der Waals surface area contributed by atoms with Gasteiger partial charge in [-0.15, -0.1) is 0 Å². The van der Waals surface area contributed by atoms with Crippen LogP contribution in [0.25, 0.3) is 22.3 Å². The number of aliphatic hydroxyl groups is 1. The van der Waals surface area contributed by atoms with Gasteiger partial charge in [-0.2, -0.15) is 0 Å². The van der Waals surface area contributed by atoms with Gasteiger partial charge in [0.15, 0.2) is 5.75 Å². The third-order valence-corrected chi connectivity index (χ3v) is 4.41. The molecule has 1 aliphatic heterocycles. The van der Waals surface area contributed by atoms with Crippen LogP contribution in [0.15, 0.2) is 35.1 Å². The van der Waals surface area contributed by atoms with Crippen LogP contribution in [0, 0.1) is 0 Å². The van der Waals surface area contributed by atoms with Crippen LogP contribution in [0.1, 0.15) is 24.2 Å². The van der Waals surface area contributed by atoms with Crippen LogP contribution in [-0.2, 0) is 13.0 Å². The number of para-hydroxylation sites is 1. The molecule has 22 heavy (non-hydrogen) atoms. The number of pyridine rings is 1. The first-order valence-electron chi connectivity index (χ1n) is 7.32. The molecule has 0 saturated heterocycles. The summed E-state index contributed by atoms with van der Waals surface area (Å²) in [5.41, 5.74) is 3.64. The van der Waals surface area contributed by atoms with Crippen LogP contribution < -0.4 is 5.56 Å². The van der Waals surface area contributed by atoms with Gasteiger partial charge in [0.25, 0.3) is 5.56 Å². The van der Waals surface area contributed by atoms with Crippen molar-refractivity contribution in [3.63, 3.8) is 0 Å². The van der Waals surface area contributed by atoms with Gasteiger partial charge in [0.05, 0.1) is 17.5 Å². The fraction of sp³-hybridized carbons (Fsp3) is 0.235. The van der Waals surface area contributed by atoms with Gasteiger partial charge in [-0.05, 0) is 31.0 Å². The van der Waals surface area contributed by atoms with E-state index in [1.165, 1.54) is 5.56 Å². The molecule has 1 atom stereocenters. The Labute approximate surface area is 126 Å². The van der Waals surface area contributed by atoms with E-state index >= 15 is 0 Å². The quantitative estimate of drug-likeness (QED) is 0.645. The number of benzene rings is 1. The number of nitrogens with zero attached hydrogens (tertiary/aromatic N) is 1. The van der Waals surface area contributed by atoms with Gasteiger partial charge in [0, 0.05) is 23.0 Å². The van der Waals surface area contributed by atoms with E-state index < -0.39 is 11.7 Å². The van der Waals surface area contributed by atoms with Crippen molar-refractivity contribution >= 4 is 10.9 Å². The number of aryl methyl sites for hydroxylation is 1. The van der Waals surface area contributed by atoms with Crippen LogP contribution in [0.3, 0.4) is 0 Å². The molecule has 0 radical (unpaired) electrons. The first-order chi connectivity index (χ1) is 10.6. The lowest BCUT2D eigenvalue weighted by molar-refractivity contribution is 0.194. The van der Waals surface area contributed by atoms with Crippen LogP contribution in [0.4, 0.5) is 0 Å². The van der Waals surface area contributed by atoms with Crippen molar-refractivity contribution in [2.75, 3.05) is 0 Å². The molecule has 0 aliphatic carbocycles. The molecule has 0 spiro atoms. The largest absolute Gasteiger partial charge is 0.503 e. The van der Waals surface area contributed by atoms with Gasteiger partial charge in [-0.3, -0.25) is 4.79 Å². The van der Waals surface area contributed by atoms with Crippen molar-refractivity contribution in [2.45, 2.75) is 26.0 Å². The Morgan fingerprint density at radius 1 is 1.32 bits per heavy atom. The second kappa shape index (κ2) is 4.48. The Morgan fingerprint density at radius 2 is 2.09 bits per heavy atom. The molecule has 2 aromatic heterocycles. The van der Waals surface area contributed by atoms with E-state index in [0.29, 0.717) is 6.54 Å². The van der Waals surface area contributed by atoms with Crippen LogP contribution in [0.2, 0.25) is 0 Å². The third kappa shape index (κ3) is 1.66. The molecule has 5 nitrogen and oxygen atoms in total. The first kappa shape index (κ1) is 13.2. The number of rotatable bonds is 1. The second-order valence-corrected chi connectivity index (χ2v) is 5.74. The maximum Gasteiger partial charge on any atom is 0.293 e. The molecule has 0 bridgehead atoms. The summed E-state index contributed by atoms with van der Waals surface area (Å²) in [6.45, 7) is 2.07. The van der Waals surface area contributed by atoms with E-state index in [4.69, 9.17) is 0 Å². The van der Waals surface area contributed by atoms with E-state index in [-0.39, 0.29) is 11.3 Å². The van der Waals surface area contributed by atoms with Crippen molar-refractivity contribution in [1.29, 1.82) is 0 Å². The highest BCUT2D eigenvalue weighted by molar-refractivity contribution is 5.90. The number of hydrogen-bond donors (Lipinski definition) is 3. The molecule has 1 aromatic carbocycles. The van der Waals surface area contributed by atoms with E-state index in [1.54, 1.807) is 17.6 Å². The number of aromatic amines is 1. The molecule has 5 heteroatoms. The van der Waals surface area contributed by atoms with Crippen molar-refractivity contribution in [2.24, 2.45) is 0 Å². The lowest BCUT2D eigenvalue weighted by Gasteiger charge is -2.21. The predicted molar refractivity (Wildman–Crippen MR) is 84.0 cm³/mol. The molecule has 0 fully saturated rings. The zero-order valence-electron chi connectivity index (χ0n) is 12.1. The average molecular weight is 296 g/mol. The van der Waals surface area contributed by atoms with Gasteiger partial charge in [-0.25, -0.2) is 0 Å². The molecule has 3 heterocycles. The van der Waals surface area contributed by atoms with Crippen molar-refractivity contribution < 1.29 is 10.2 Å². The van der Waals surface area contributed by atoms with E-state index in [0.717, 1.165) is 28.7 Å². The van der Waals surface area contributed by atoms with Crippen LogP contribution >= 0.6 is 0 Å². The molecule has 3 N–H and O–H groups in total. The van der Waals surface area contributed by atoms with Crippen LogP contribution in [-0.4, -0.2) is 19.8 Å². The van der Waals surface area contributed by atoms with Gasteiger partial charge >= 0.3 is 0 Å². The van der Waals surface area contributed by atoms with Crippen molar-refractivity contribution in [3.8, 4) is 17.1 Å². The number of aromatic hydroxyl groups is 1. The van der Waals surface area contributed by atoms with Gasteiger partial charge in [0.1, 0.15) is 0 Å². The highest BCUT2D eigenvalue weighted by atomic mass is 16.3. The molecular weight excluding hydrogens is 280 g/mol. The lowest BCUT2D eigenvalue weighted by Crippen LogP contribution is -2.26. The van der Waals surface area contributed by atoms with E-state index in [9.17, 15) is 15.0 Å². The summed E-state index contributed by atoms with van der Waals surface area (Å²) >= 11 is 0. The Balaban J connectivity index is 2.07. The van der Waals surface area contributed by atoms with Crippen molar-refractivity contribution in [1.82, 2.24) is 9.55 Å². The molecule has 4 rings (SSSR count).